The van der Waals surface area contributed by atoms with Gasteiger partial charge in [0.2, 0.25) is 0 Å². The minimum atomic E-state index is 0.968. The molecule has 8 aromatic rings. The molecule has 0 heteroatoms. The van der Waals surface area contributed by atoms with Gasteiger partial charge in [0.15, 0.2) is 0 Å². The van der Waals surface area contributed by atoms with Crippen LogP contribution in [0.25, 0.3) is 82.9 Å². The molecule has 0 radical (unpaired) electrons. The lowest BCUT2D eigenvalue weighted by atomic mass is 9.84. The second-order valence-electron chi connectivity index (χ2n) is 13.3. The highest BCUT2D eigenvalue weighted by molar-refractivity contribution is 6.21. The van der Waals surface area contributed by atoms with Crippen LogP contribution >= 0.6 is 0 Å². The Morgan fingerprint density at radius 1 is 0.429 bits per heavy atom. The van der Waals surface area contributed by atoms with Gasteiger partial charge in [-0.1, -0.05) is 170 Å². The Morgan fingerprint density at radius 2 is 1.00 bits per heavy atom. The van der Waals surface area contributed by atoms with Crippen LogP contribution in [0, 0.1) is 13.8 Å². The van der Waals surface area contributed by atoms with Crippen molar-refractivity contribution in [3.05, 3.63) is 186 Å². The first kappa shape index (κ1) is 29.2. The van der Waals surface area contributed by atoms with Crippen molar-refractivity contribution >= 4 is 38.4 Å². The fourth-order valence-corrected chi connectivity index (χ4v) is 8.09. The van der Waals surface area contributed by atoms with Gasteiger partial charge in [-0.15, -0.1) is 0 Å². The van der Waals surface area contributed by atoms with Gasteiger partial charge in [0.25, 0.3) is 0 Å². The van der Waals surface area contributed by atoms with Gasteiger partial charge in [-0.05, 0) is 119 Å². The van der Waals surface area contributed by atoms with Crippen LogP contribution in [-0.4, -0.2) is 0 Å². The molecule has 0 fully saturated rings. The first-order valence-corrected chi connectivity index (χ1v) is 17.2. The van der Waals surface area contributed by atoms with Crippen LogP contribution in [0.1, 0.15) is 22.3 Å². The van der Waals surface area contributed by atoms with Crippen LogP contribution in [0.15, 0.2) is 164 Å². The minimum Gasteiger partial charge on any atom is -0.0801 e. The first-order chi connectivity index (χ1) is 24.2. The number of aryl methyl sites for hydroxylation is 1. The van der Waals surface area contributed by atoms with E-state index in [2.05, 4.69) is 184 Å². The lowest BCUT2D eigenvalue weighted by Crippen LogP contribution is -1.96. The van der Waals surface area contributed by atoms with Gasteiger partial charge in [-0.2, -0.15) is 0 Å². The molecule has 1 aliphatic carbocycles. The SMILES string of the molecule is Cc1cc(-c2c3ccccc3c(-c3ccc(-c4cccc5ccccc45)cc3)c3ccccc23)ccc1-c1ccc2c(c1C)CC=CC=C2. The van der Waals surface area contributed by atoms with Crippen molar-refractivity contribution in [3.8, 4) is 44.5 Å². The van der Waals surface area contributed by atoms with Gasteiger partial charge in [0, 0.05) is 0 Å². The Kier molecular flexibility index (Phi) is 7.10. The predicted octanol–water partition coefficient (Wildman–Crippen LogP) is 13.6. The van der Waals surface area contributed by atoms with E-state index in [1.54, 1.807) is 0 Å². The zero-order valence-corrected chi connectivity index (χ0v) is 27.9. The summed E-state index contributed by atoms with van der Waals surface area (Å²) in [4.78, 5) is 0. The van der Waals surface area contributed by atoms with Crippen LogP contribution in [0.3, 0.4) is 0 Å². The fourth-order valence-electron chi connectivity index (χ4n) is 8.09. The third-order valence-corrected chi connectivity index (χ3v) is 10.5. The molecule has 0 amide bonds. The van der Waals surface area contributed by atoms with Gasteiger partial charge in [-0.3, -0.25) is 0 Å². The largest absolute Gasteiger partial charge is 0.0801 e. The first-order valence-electron chi connectivity index (χ1n) is 17.2. The minimum absolute atomic E-state index is 0.968. The van der Waals surface area contributed by atoms with E-state index in [9.17, 15) is 0 Å². The van der Waals surface area contributed by atoms with Crippen LogP contribution < -0.4 is 0 Å². The Hall–Kier alpha value is -5.98. The third kappa shape index (κ3) is 4.91. The summed E-state index contributed by atoms with van der Waals surface area (Å²) < 4.78 is 0. The Morgan fingerprint density at radius 3 is 1.69 bits per heavy atom. The molecule has 49 heavy (non-hydrogen) atoms. The molecule has 0 atom stereocenters. The molecule has 0 nitrogen and oxygen atoms in total. The van der Waals surface area contributed by atoms with Crippen molar-refractivity contribution in [1.82, 2.24) is 0 Å². The zero-order valence-electron chi connectivity index (χ0n) is 27.9. The summed E-state index contributed by atoms with van der Waals surface area (Å²) in [5.74, 6) is 0. The van der Waals surface area contributed by atoms with Crippen molar-refractivity contribution in [2.24, 2.45) is 0 Å². The maximum atomic E-state index is 2.40. The normalized spacial score (nSPS) is 12.4. The summed E-state index contributed by atoms with van der Waals surface area (Å²) in [5, 5.41) is 7.66. The van der Waals surface area contributed by atoms with Gasteiger partial charge < -0.3 is 0 Å². The Balaban J connectivity index is 1.19. The molecule has 232 valence electrons. The summed E-state index contributed by atoms with van der Waals surface area (Å²) >= 11 is 0. The van der Waals surface area contributed by atoms with E-state index in [1.807, 2.05) is 0 Å². The standard InChI is InChI=1S/C49H36/c1-32-31-38(28-29-39(32)41-30-27-35-13-4-3-5-16-40(35)33(41)2)49-46-20-10-8-18-44(46)48(45-19-9-11-21-47(45)49)37-25-23-36(24-26-37)43-22-12-15-34-14-6-7-17-42(34)43/h3-15,17-31H,16H2,1-2H3. The maximum Gasteiger partial charge on any atom is -0.00263 e. The highest BCUT2D eigenvalue weighted by Gasteiger charge is 2.18. The monoisotopic (exact) mass is 624 g/mol. The van der Waals surface area contributed by atoms with Crippen molar-refractivity contribution in [2.75, 3.05) is 0 Å². The van der Waals surface area contributed by atoms with Gasteiger partial charge >= 0.3 is 0 Å². The molecule has 0 saturated carbocycles. The van der Waals surface area contributed by atoms with E-state index in [-0.39, 0.29) is 0 Å². The van der Waals surface area contributed by atoms with Crippen LogP contribution in [0.4, 0.5) is 0 Å². The molecule has 0 aromatic heterocycles. The Labute approximate surface area is 288 Å². The molecule has 8 aromatic carbocycles. The number of hydrogen-bond donors (Lipinski definition) is 0. The quantitative estimate of drug-likeness (QED) is 0.171. The number of fused-ring (bicyclic) bond motifs is 4. The van der Waals surface area contributed by atoms with E-state index in [1.165, 1.54) is 99.1 Å². The van der Waals surface area contributed by atoms with Gasteiger partial charge in [0.05, 0.1) is 0 Å². The number of allylic oxidation sites excluding steroid dienone is 3. The summed E-state index contributed by atoms with van der Waals surface area (Å²) in [5.41, 5.74) is 15.6. The number of benzene rings is 8. The fraction of sp³-hybridized carbons (Fsp3) is 0.0612. The van der Waals surface area contributed by atoms with Crippen molar-refractivity contribution < 1.29 is 0 Å². The molecule has 0 saturated heterocycles. The summed E-state index contributed by atoms with van der Waals surface area (Å²) in [7, 11) is 0. The van der Waals surface area contributed by atoms with E-state index in [0.29, 0.717) is 0 Å². The molecular formula is C49H36. The van der Waals surface area contributed by atoms with Crippen molar-refractivity contribution in [3.63, 3.8) is 0 Å². The van der Waals surface area contributed by atoms with Crippen LogP contribution in [0.2, 0.25) is 0 Å². The van der Waals surface area contributed by atoms with E-state index < -0.39 is 0 Å². The molecule has 1 aliphatic rings. The van der Waals surface area contributed by atoms with E-state index >= 15 is 0 Å². The third-order valence-electron chi connectivity index (χ3n) is 10.5. The molecular weight excluding hydrogens is 589 g/mol. The maximum absolute atomic E-state index is 2.40. The van der Waals surface area contributed by atoms with E-state index in [0.717, 1.165) is 6.42 Å². The molecule has 0 spiro atoms. The lowest BCUT2D eigenvalue weighted by molar-refractivity contribution is 1.21. The zero-order chi connectivity index (χ0) is 32.9. The topological polar surface area (TPSA) is 0 Å². The van der Waals surface area contributed by atoms with Gasteiger partial charge in [-0.25, -0.2) is 0 Å². The highest BCUT2D eigenvalue weighted by atomic mass is 14.2. The molecule has 0 bridgehead atoms. The molecule has 0 N–H and O–H groups in total. The molecule has 0 aliphatic heterocycles. The molecule has 0 heterocycles. The predicted molar refractivity (Wildman–Crippen MR) is 212 cm³/mol. The lowest BCUT2D eigenvalue weighted by Gasteiger charge is -2.19. The van der Waals surface area contributed by atoms with Gasteiger partial charge in [0.1, 0.15) is 0 Å². The average Bonchev–Trinajstić information content (AvgIpc) is 3.41. The molecule has 9 rings (SSSR count). The Bertz CT molecular complexity index is 2570. The van der Waals surface area contributed by atoms with Crippen molar-refractivity contribution in [2.45, 2.75) is 20.3 Å². The summed E-state index contributed by atoms with van der Waals surface area (Å²) in [6, 6.07) is 53.9. The number of hydrogen-bond acceptors (Lipinski definition) is 0. The van der Waals surface area contributed by atoms with Crippen molar-refractivity contribution in [1.29, 1.82) is 0 Å². The van der Waals surface area contributed by atoms with E-state index in [4.69, 9.17) is 0 Å². The highest BCUT2D eigenvalue weighted by Crippen LogP contribution is 2.45. The van der Waals surface area contributed by atoms with Crippen LogP contribution in [0.5, 0.6) is 0 Å². The number of rotatable bonds is 4. The smallest absolute Gasteiger partial charge is 0.00263 e. The average molecular weight is 625 g/mol. The van der Waals surface area contributed by atoms with Crippen LogP contribution in [-0.2, 0) is 6.42 Å². The summed E-state index contributed by atoms with van der Waals surface area (Å²) in [6.45, 7) is 4.54. The second-order valence-corrected chi connectivity index (χ2v) is 13.3. The second kappa shape index (κ2) is 11.9. The summed E-state index contributed by atoms with van der Waals surface area (Å²) in [6.07, 6.45) is 9.75. The molecule has 0 unspecified atom stereocenters.